The molecule has 0 aromatic heterocycles. The monoisotopic (exact) mass is 157 g/mol. The van der Waals surface area contributed by atoms with Crippen LogP contribution in [0.15, 0.2) is 0 Å². The lowest BCUT2D eigenvalue weighted by Gasteiger charge is -2.01. The smallest absolute Gasteiger partial charge is 0.119 e. The van der Waals surface area contributed by atoms with E-state index in [1.807, 2.05) is 0 Å². The maximum atomic E-state index is 9.92. The quantitative estimate of drug-likeness (QED) is 0.429. The van der Waals surface area contributed by atoms with Crippen LogP contribution in [0.5, 0.6) is 0 Å². The topological polar surface area (TPSA) is 29.1 Å². The molecule has 0 spiro atoms. The van der Waals surface area contributed by atoms with Crippen LogP contribution in [0.2, 0.25) is 0 Å². The van der Waals surface area contributed by atoms with E-state index in [1.165, 1.54) is 12.8 Å². The van der Waals surface area contributed by atoms with Crippen LogP contribution in [0.4, 0.5) is 0 Å². The van der Waals surface area contributed by atoms with Gasteiger partial charge >= 0.3 is 0 Å². The number of hydrogen-bond acceptors (Lipinski definition) is 2. The molecule has 66 valence electrons. The van der Waals surface area contributed by atoms with Crippen LogP contribution in [0, 0.1) is 0 Å². The molecule has 0 aromatic rings. The molecule has 0 aliphatic carbocycles. The van der Waals surface area contributed by atoms with E-state index in [2.05, 4.69) is 12.2 Å². The SMILES string of the molecule is CCCCNCCCCC=O. The number of carbonyl (C=O) groups is 1. The van der Waals surface area contributed by atoms with E-state index < -0.39 is 0 Å². The minimum atomic E-state index is 0.718. The molecule has 1 N–H and O–H groups in total. The van der Waals surface area contributed by atoms with Crippen molar-refractivity contribution in [3.05, 3.63) is 0 Å². The molecule has 0 aromatic carbocycles. The van der Waals surface area contributed by atoms with E-state index in [9.17, 15) is 4.79 Å². The first-order valence-corrected chi connectivity index (χ1v) is 4.56. The second-order valence-corrected chi connectivity index (χ2v) is 2.77. The molecule has 0 radical (unpaired) electrons. The maximum absolute atomic E-state index is 9.92. The van der Waals surface area contributed by atoms with Gasteiger partial charge in [0.25, 0.3) is 0 Å². The Labute approximate surface area is 69.4 Å². The first-order valence-electron chi connectivity index (χ1n) is 4.56. The van der Waals surface area contributed by atoms with Crippen molar-refractivity contribution in [2.24, 2.45) is 0 Å². The van der Waals surface area contributed by atoms with Gasteiger partial charge in [0.2, 0.25) is 0 Å². The van der Waals surface area contributed by atoms with Crippen molar-refractivity contribution in [3.63, 3.8) is 0 Å². The van der Waals surface area contributed by atoms with E-state index in [0.717, 1.165) is 38.6 Å². The fraction of sp³-hybridized carbons (Fsp3) is 0.889. The highest BCUT2D eigenvalue weighted by atomic mass is 16.1. The number of unbranched alkanes of at least 4 members (excludes halogenated alkanes) is 3. The molecule has 0 rings (SSSR count). The number of rotatable bonds is 8. The van der Waals surface area contributed by atoms with Crippen molar-refractivity contribution < 1.29 is 4.79 Å². The van der Waals surface area contributed by atoms with Crippen LogP contribution < -0.4 is 5.32 Å². The average Bonchev–Trinajstić information content (AvgIpc) is 2.03. The van der Waals surface area contributed by atoms with Gasteiger partial charge in [-0.1, -0.05) is 13.3 Å². The van der Waals surface area contributed by atoms with Gasteiger partial charge in [0, 0.05) is 6.42 Å². The highest BCUT2D eigenvalue weighted by molar-refractivity contribution is 5.48. The Morgan fingerprint density at radius 2 is 1.91 bits per heavy atom. The first kappa shape index (κ1) is 10.6. The molecule has 0 heterocycles. The first-order chi connectivity index (χ1) is 5.41. The third-order valence-electron chi connectivity index (χ3n) is 1.63. The van der Waals surface area contributed by atoms with E-state index in [-0.39, 0.29) is 0 Å². The summed E-state index contributed by atoms with van der Waals surface area (Å²) in [6.07, 6.45) is 6.38. The predicted molar refractivity (Wildman–Crippen MR) is 47.7 cm³/mol. The Balaban J connectivity index is 2.74. The summed E-state index contributed by atoms with van der Waals surface area (Å²) in [6.45, 7) is 4.37. The molecule has 2 heteroatoms. The molecule has 0 bridgehead atoms. The molecule has 11 heavy (non-hydrogen) atoms. The molecule has 0 aliphatic rings. The number of hydrogen-bond donors (Lipinski definition) is 1. The Kier molecular flexibility index (Phi) is 9.31. The Hall–Kier alpha value is -0.370. The van der Waals surface area contributed by atoms with Crippen molar-refractivity contribution in [2.75, 3.05) is 13.1 Å². The Morgan fingerprint density at radius 3 is 2.55 bits per heavy atom. The molecule has 0 saturated carbocycles. The van der Waals surface area contributed by atoms with Gasteiger partial charge in [-0.25, -0.2) is 0 Å². The molecule has 0 aliphatic heterocycles. The van der Waals surface area contributed by atoms with E-state index >= 15 is 0 Å². The van der Waals surface area contributed by atoms with Gasteiger partial charge in [0.1, 0.15) is 6.29 Å². The normalized spacial score (nSPS) is 9.91. The second kappa shape index (κ2) is 9.63. The number of nitrogens with one attached hydrogen (secondary N) is 1. The second-order valence-electron chi connectivity index (χ2n) is 2.77. The van der Waals surface area contributed by atoms with E-state index in [4.69, 9.17) is 0 Å². The van der Waals surface area contributed by atoms with Crippen LogP contribution >= 0.6 is 0 Å². The maximum Gasteiger partial charge on any atom is 0.119 e. The summed E-state index contributed by atoms with van der Waals surface area (Å²) >= 11 is 0. The van der Waals surface area contributed by atoms with Crippen molar-refractivity contribution in [2.45, 2.75) is 39.0 Å². The third-order valence-corrected chi connectivity index (χ3v) is 1.63. The lowest BCUT2D eigenvalue weighted by molar-refractivity contribution is -0.107. The van der Waals surface area contributed by atoms with Crippen molar-refractivity contribution in [1.82, 2.24) is 5.32 Å². The lowest BCUT2D eigenvalue weighted by atomic mass is 10.2. The van der Waals surface area contributed by atoms with Crippen LogP contribution in [0.25, 0.3) is 0 Å². The predicted octanol–water partition coefficient (Wildman–Crippen LogP) is 1.75. The van der Waals surface area contributed by atoms with Gasteiger partial charge in [-0.15, -0.1) is 0 Å². The van der Waals surface area contributed by atoms with Gasteiger partial charge in [-0.05, 0) is 32.4 Å². The summed E-state index contributed by atoms with van der Waals surface area (Å²) in [5.74, 6) is 0. The summed E-state index contributed by atoms with van der Waals surface area (Å²) in [6, 6.07) is 0. The largest absolute Gasteiger partial charge is 0.317 e. The van der Waals surface area contributed by atoms with Crippen LogP contribution in [0.3, 0.4) is 0 Å². The zero-order chi connectivity index (χ0) is 8.36. The fourth-order valence-corrected chi connectivity index (χ4v) is 0.904. The summed E-state index contributed by atoms with van der Waals surface area (Å²) in [7, 11) is 0. The van der Waals surface area contributed by atoms with E-state index in [1.54, 1.807) is 0 Å². The third kappa shape index (κ3) is 9.63. The molecule has 2 nitrogen and oxygen atoms in total. The lowest BCUT2D eigenvalue weighted by Crippen LogP contribution is -2.16. The minimum absolute atomic E-state index is 0.718. The van der Waals surface area contributed by atoms with Gasteiger partial charge in [0.15, 0.2) is 0 Å². The van der Waals surface area contributed by atoms with Crippen LogP contribution in [-0.2, 0) is 4.79 Å². The molecular weight excluding hydrogens is 138 g/mol. The Bertz CT molecular complexity index is 83.6. The van der Waals surface area contributed by atoms with Crippen molar-refractivity contribution >= 4 is 6.29 Å². The molecule has 0 fully saturated rings. The Morgan fingerprint density at radius 1 is 1.18 bits per heavy atom. The number of aldehydes is 1. The zero-order valence-electron chi connectivity index (χ0n) is 7.44. The molecule has 0 atom stereocenters. The molecular formula is C9H19NO. The van der Waals surface area contributed by atoms with Crippen molar-refractivity contribution in [1.29, 1.82) is 0 Å². The summed E-state index contributed by atoms with van der Waals surface area (Å²) < 4.78 is 0. The zero-order valence-corrected chi connectivity index (χ0v) is 7.44. The standard InChI is InChI=1S/C9H19NO/c1-2-3-7-10-8-5-4-6-9-11/h9-10H,2-8H2,1H3. The van der Waals surface area contributed by atoms with Gasteiger partial charge in [0.05, 0.1) is 0 Å². The van der Waals surface area contributed by atoms with Crippen LogP contribution in [-0.4, -0.2) is 19.4 Å². The highest BCUT2D eigenvalue weighted by Gasteiger charge is 1.87. The highest BCUT2D eigenvalue weighted by Crippen LogP contribution is 1.90. The summed E-state index contributed by atoms with van der Waals surface area (Å²) in [5.41, 5.74) is 0. The van der Waals surface area contributed by atoms with Gasteiger partial charge in [-0.3, -0.25) is 0 Å². The number of carbonyl (C=O) groups excluding carboxylic acids is 1. The van der Waals surface area contributed by atoms with Gasteiger partial charge < -0.3 is 10.1 Å². The fourth-order valence-electron chi connectivity index (χ4n) is 0.904. The van der Waals surface area contributed by atoms with E-state index in [0.29, 0.717) is 0 Å². The van der Waals surface area contributed by atoms with Crippen molar-refractivity contribution in [3.8, 4) is 0 Å². The molecule has 0 unspecified atom stereocenters. The molecule has 0 saturated heterocycles. The summed E-state index contributed by atoms with van der Waals surface area (Å²) in [4.78, 5) is 9.92. The minimum Gasteiger partial charge on any atom is -0.317 e. The molecule has 0 amide bonds. The average molecular weight is 157 g/mol. The van der Waals surface area contributed by atoms with Crippen LogP contribution in [0.1, 0.15) is 39.0 Å². The van der Waals surface area contributed by atoms with Gasteiger partial charge in [-0.2, -0.15) is 0 Å². The summed E-state index contributed by atoms with van der Waals surface area (Å²) in [5, 5.41) is 3.33.